The fourth-order valence-electron chi connectivity index (χ4n) is 2.76. The van der Waals surface area contributed by atoms with E-state index in [0.29, 0.717) is 17.1 Å². The Balaban J connectivity index is 1.97. The van der Waals surface area contributed by atoms with Crippen LogP contribution >= 0.6 is 12.2 Å². The van der Waals surface area contributed by atoms with E-state index >= 15 is 0 Å². The van der Waals surface area contributed by atoms with Crippen LogP contribution in [-0.4, -0.2) is 41.7 Å². The molecule has 2 rings (SSSR count). The largest absolute Gasteiger partial charge is 0.392 e. The molecule has 15 heavy (non-hydrogen) atoms. The highest BCUT2D eigenvalue weighted by molar-refractivity contribution is 7.80. The fraction of sp³-hybridized carbons (Fsp3) is 0.909. The molecule has 2 fully saturated rings. The summed E-state index contributed by atoms with van der Waals surface area (Å²) in [5, 5.41) is 0. The van der Waals surface area contributed by atoms with Gasteiger partial charge < -0.3 is 10.5 Å². The Morgan fingerprint density at radius 2 is 2.00 bits per heavy atom. The highest BCUT2D eigenvalue weighted by atomic mass is 32.1. The number of ether oxygens (including phenoxy) is 1. The van der Waals surface area contributed by atoms with Gasteiger partial charge in [-0.2, -0.15) is 0 Å². The number of hydrogen-bond acceptors (Lipinski definition) is 3. The van der Waals surface area contributed by atoms with E-state index < -0.39 is 0 Å². The molecule has 2 N–H and O–H groups in total. The Bertz CT molecular complexity index is 207. The van der Waals surface area contributed by atoms with E-state index in [0.717, 1.165) is 26.2 Å². The predicted molar refractivity (Wildman–Crippen MR) is 65.0 cm³/mol. The second-order valence-electron chi connectivity index (χ2n) is 4.59. The van der Waals surface area contributed by atoms with Crippen molar-refractivity contribution in [3.63, 3.8) is 0 Å². The molecular weight excluding hydrogens is 208 g/mol. The number of nitrogens with zero attached hydrogens (tertiary/aromatic N) is 1. The summed E-state index contributed by atoms with van der Waals surface area (Å²) in [4.78, 5) is 3.11. The molecule has 0 spiro atoms. The third kappa shape index (κ3) is 2.89. The van der Waals surface area contributed by atoms with Gasteiger partial charge in [0.2, 0.25) is 0 Å². The maximum atomic E-state index is 5.68. The van der Waals surface area contributed by atoms with Crippen molar-refractivity contribution in [2.75, 3.05) is 19.8 Å². The number of thiocarbonyl (C=S) groups is 1. The van der Waals surface area contributed by atoms with Gasteiger partial charge in [0.25, 0.3) is 0 Å². The highest BCUT2D eigenvalue weighted by Crippen LogP contribution is 2.27. The van der Waals surface area contributed by atoms with Crippen LogP contribution < -0.4 is 5.73 Å². The molecule has 1 aliphatic carbocycles. The minimum absolute atomic E-state index is 0.551. The van der Waals surface area contributed by atoms with Crippen molar-refractivity contribution in [2.45, 2.75) is 44.2 Å². The average Bonchev–Trinajstić information content (AvgIpc) is 2.87. The molecular formula is C11H20N2OS. The van der Waals surface area contributed by atoms with Crippen LogP contribution in [0.25, 0.3) is 0 Å². The molecule has 0 amide bonds. The monoisotopic (exact) mass is 228 g/mol. The van der Waals surface area contributed by atoms with Crippen molar-refractivity contribution in [1.29, 1.82) is 0 Å². The summed E-state index contributed by atoms with van der Waals surface area (Å²) in [5.41, 5.74) is 5.68. The van der Waals surface area contributed by atoms with Gasteiger partial charge in [0.1, 0.15) is 0 Å². The molecule has 0 aromatic rings. The van der Waals surface area contributed by atoms with Crippen molar-refractivity contribution >= 4 is 17.2 Å². The van der Waals surface area contributed by atoms with Gasteiger partial charge in [-0.1, -0.05) is 25.1 Å². The first-order valence-corrected chi connectivity index (χ1v) is 6.30. The van der Waals surface area contributed by atoms with Gasteiger partial charge in [0.15, 0.2) is 0 Å². The lowest BCUT2D eigenvalue weighted by atomic mass is 10.1. The maximum absolute atomic E-state index is 5.68. The van der Waals surface area contributed by atoms with E-state index in [2.05, 4.69) is 4.90 Å². The molecule has 4 heteroatoms. The summed E-state index contributed by atoms with van der Waals surface area (Å²) in [7, 11) is 0. The van der Waals surface area contributed by atoms with E-state index in [1.54, 1.807) is 0 Å². The summed E-state index contributed by atoms with van der Waals surface area (Å²) in [5.74, 6) is 0. The molecule has 86 valence electrons. The van der Waals surface area contributed by atoms with Gasteiger partial charge in [-0.25, -0.2) is 0 Å². The van der Waals surface area contributed by atoms with Gasteiger partial charge >= 0.3 is 0 Å². The summed E-state index contributed by atoms with van der Waals surface area (Å²) in [6.45, 7) is 2.53. The van der Waals surface area contributed by atoms with Gasteiger partial charge in [0.05, 0.1) is 11.6 Å². The predicted octanol–water partition coefficient (Wildman–Crippen LogP) is 1.31. The lowest BCUT2D eigenvalue weighted by molar-refractivity contribution is 0.124. The summed E-state index contributed by atoms with van der Waals surface area (Å²) >= 11 is 5.04. The van der Waals surface area contributed by atoms with Gasteiger partial charge in [-0.05, 0) is 19.3 Å². The van der Waals surface area contributed by atoms with E-state index in [-0.39, 0.29) is 0 Å². The summed E-state index contributed by atoms with van der Waals surface area (Å²) in [6.07, 6.45) is 6.45. The molecule has 0 bridgehead atoms. The Kier molecular flexibility index (Phi) is 3.94. The third-order valence-corrected chi connectivity index (χ3v) is 3.64. The minimum atomic E-state index is 0.551. The van der Waals surface area contributed by atoms with Crippen LogP contribution in [0.15, 0.2) is 0 Å². The lowest BCUT2D eigenvalue weighted by Crippen LogP contribution is -2.46. The van der Waals surface area contributed by atoms with E-state index in [1.165, 1.54) is 25.7 Å². The zero-order chi connectivity index (χ0) is 10.7. The Morgan fingerprint density at radius 3 is 2.53 bits per heavy atom. The van der Waals surface area contributed by atoms with Crippen LogP contribution in [0.5, 0.6) is 0 Å². The molecule has 1 atom stereocenters. The van der Waals surface area contributed by atoms with Gasteiger partial charge in [-0.3, -0.25) is 4.90 Å². The Morgan fingerprint density at radius 1 is 1.27 bits per heavy atom. The fourth-order valence-corrected chi connectivity index (χ4v) is 2.90. The second-order valence-corrected chi connectivity index (χ2v) is 5.12. The van der Waals surface area contributed by atoms with Crippen LogP contribution in [0.2, 0.25) is 0 Å². The van der Waals surface area contributed by atoms with E-state index in [1.807, 2.05) is 0 Å². The first-order valence-electron chi connectivity index (χ1n) is 5.89. The Hall–Kier alpha value is -0.190. The van der Waals surface area contributed by atoms with Crippen molar-refractivity contribution in [2.24, 2.45) is 5.73 Å². The van der Waals surface area contributed by atoms with E-state index in [9.17, 15) is 0 Å². The molecule has 0 radical (unpaired) electrons. The molecule has 1 saturated carbocycles. The molecule has 2 aliphatic rings. The first-order chi connectivity index (χ1) is 7.27. The SMILES string of the molecule is NC(=S)CN(C1CCCC1)C1CCOC1. The molecule has 1 heterocycles. The maximum Gasteiger partial charge on any atom is 0.0870 e. The average molecular weight is 228 g/mol. The Labute approximate surface area is 96.9 Å². The number of hydrogen-bond donors (Lipinski definition) is 1. The number of nitrogens with two attached hydrogens (primary N) is 1. The van der Waals surface area contributed by atoms with Crippen LogP contribution in [0.1, 0.15) is 32.1 Å². The summed E-state index contributed by atoms with van der Waals surface area (Å²) < 4.78 is 5.45. The standard InChI is InChI=1S/C11H20N2OS/c12-11(15)7-13(9-3-1-2-4-9)10-5-6-14-8-10/h9-10H,1-8H2,(H2,12,15). The second kappa shape index (κ2) is 5.23. The third-order valence-electron chi connectivity index (χ3n) is 3.51. The molecule has 0 aromatic heterocycles. The molecule has 1 saturated heterocycles. The molecule has 3 nitrogen and oxygen atoms in total. The van der Waals surface area contributed by atoms with Crippen molar-refractivity contribution in [1.82, 2.24) is 4.90 Å². The molecule has 0 aromatic carbocycles. The van der Waals surface area contributed by atoms with Crippen LogP contribution in [0.4, 0.5) is 0 Å². The molecule has 1 unspecified atom stereocenters. The van der Waals surface area contributed by atoms with Crippen LogP contribution in [0.3, 0.4) is 0 Å². The van der Waals surface area contributed by atoms with Crippen molar-refractivity contribution in [3.05, 3.63) is 0 Å². The van der Waals surface area contributed by atoms with Crippen LogP contribution in [0, 0.1) is 0 Å². The zero-order valence-electron chi connectivity index (χ0n) is 9.15. The molecule has 1 aliphatic heterocycles. The highest BCUT2D eigenvalue weighted by Gasteiger charge is 2.31. The first kappa shape index (κ1) is 11.3. The van der Waals surface area contributed by atoms with Gasteiger partial charge in [-0.15, -0.1) is 0 Å². The normalized spacial score (nSPS) is 27.7. The minimum Gasteiger partial charge on any atom is -0.392 e. The van der Waals surface area contributed by atoms with E-state index in [4.69, 9.17) is 22.7 Å². The van der Waals surface area contributed by atoms with Crippen LogP contribution in [-0.2, 0) is 4.74 Å². The number of rotatable bonds is 4. The quantitative estimate of drug-likeness (QED) is 0.736. The summed E-state index contributed by atoms with van der Waals surface area (Å²) in [6, 6.07) is 1.24. The zero-order valence-corrected chi connectivity index (χ0v) is 9.97. The smallest absolute Gasteiger partial charge is 0.0870 e. The van der Waals surface area contributed by atoms with Crippen molar-refractivity contribution in [3.8, 4) is 0 Å². The lowest BCUT2D eigenvalue weighted by Gasteiger charge is -2.33. The van der Waals surface area contributed by atoms with Gasteiger partial charge in [0, 0.05) is 25.2 Å². The topological polar surface area (TPSA) is 38.5 Å². The van der Waals surface area contributed by atoms with Crippen molar-refractivity contribution < 1.29 is 4.74 Å².